The number of carbonyl (C=O) groups excluding carboxylic acids is 1. The first-order valence-corrected chi connectivity index (χ1v) is 6.92. The zero-order chi connectivity index (χ0) is 14.2. The molecular formula is C14H30N2O2. The maximum absolute atomic E-state index is 11.8. The number of amides is 1. The van der Waals surface area contributed by atoms with E-state index in [4.69, 9.17) is 4.74 Å². The van der Waals surface area contributed by atoms with E-state index in [1.165, 1.54) is 0 Å². The summed E-state index contributed by atoms with van der Waals surface area (Å²) in [4.78, 5) is 13.7. The fourth-order valence-electron chi connectivity index (χ4n) is 2.05. The smallest absolute Gasteiger partial charge is 0.223 e. The fourth-order valence-corrected chi connectivity index (χ4v) is 2.05. The number of hydrogen-bond donors (Lipinski definition) is 1. The number of nitrogens with one attached hydrogen (secondary N) is 1. The molecule has 0 rings (SSSR count). The molecule has 0 aromatic heterocycles. The Hall–Kier alpha value is -0.610. The third kappa shape index (κ3) is 6.97. The van der Waals surface area contributed by atoms with E-state index in [0.29, 0.717) is 12.5 Å². The summed E-state index contributed by atoms with van der Waals surface area (Å²) in [5.74, 6) is 0.228. The average Bonchev–Trinajstić information content (AvgIpc) is 2.30. The molecule has 0 aliphatic heterocycles. The van der Waals surface area contributed by atoms with Gasteiger partial charge in [0.25, 0.3) is 0 Å². The van der Waals surface area contributed by atoms with Gasteiger partial charge in [0.15, 0.2) is 0 Å². The monoisotopic (exact) mass is 258 g/mol. The highest BCUT2D eigenvalue weighted by Gasteiger charge is 2.20. The summed E-state index contributed by atoms with van der Waals surface area (Å²) in [6.07, 6.45) is 1.50. The SMILES string of the molecule is CCN(CC)C(=O)CCNC(C)CC(C)(C)OC. The van der Waals surface area contributed by atoms with Crippen molar-refractivity contribution in [3.05, 3.63) is 0 Å². The molecule has 1 atom stereocenters. The van der Waals surface area contributed by atoms with Crippen molar-refractivity contribution in [2.75, 3.05) is 26.7 Å². The lowest BCUT2D eigenvalue weighted by Crippen LogP contribution is -2.38. The number of ether oxygens (including phenoxy) is 1. The first-order chi connectivity index (χ1) is 8.36. The van der Waals surface area contributed by atoms with Gasteiger partial charge in [-0.3, -0.25) is 4.79 Å². The molecule has 0 spiro atoms. The van der Waals surface area contributed by atoms with Crippen LogP contribution in [-0.4, -0.2) is 49.2 Å². The number of hydrogen-bond acceptors (Lipinski definition) is 3. The molecule has 4 nitrogen and oxygen atoms in total. The van der Waals surface area contributed by atoms with Gasteiger partial charge in [0, 0.05) is 39.2 Å². The van der Waals surface area contributed by atoms with E-state index in [0.717, 1.165) is 26.1 Å². The summed E-state index contributed by atoms with van der Waals surface area (Å²) in [6, 6.07) is 0.351. The molecule has 18 heavy (non-hydrogen) atoms. The third-order valence-corrected chi connectivity index (χ3v) is 3.30. The van der Waals surface area contributed by atoms with Crippen molar-refractivity contribution in [1.29, 1.82) is 0 Å². The molecular weight excluding hydrogens is 228 g/mol. The molecule has 0 bridgehead atoms. The van der Waals surface area contributed by atoms with Gasteiger partial charge in [-0.2, -0.15) is 0 Å². The molecule has 0 fully saturated rings. The van der Waals surface area contributed by atoms with Crippen LogP contribution >= 0.6 is 0 Å². The molecule has 0 heterocycles. The van der Waals surface area contributed by atoms with Gasteiger partial charge in [0.2, 0.25) is 5.91 Å². The third-order valence-electron chi connectivity index (χ3n) is 3.30. The zero-order valence-electron chi connectivity index (χ0n) is 12.9. The maximum atomic E-state index is 11.8. The zero-order valence-corrected chi connectivity index (χ0v) is 12.9. The predicted octanol–water partition coefficient (Wildman–Crippen LogP) is 2.04. The van der Waals surface area contributed by atoms with Crippen molar-refractivity contribution < 1.29 is 9.53 Å². The minimum absolute atomic E-state index is 0.116. The molecule has 1 unspecified atom stereocenters. The van der Waals surface area contributed by atoms with E-state index in [2.05, 4.69) is 26.1 Å². The van der Waals surface area contributed by atoms with Gasteiger partial charge < -0.3 is 15.0 Å². The molecule has 0 saturated carbocycles. The summed E-state index contributed by atoms with van der Waals surface area (Å²) in [5.41, 5.74) is -0.116. The molecule has 1 N–H and O–H groups in total. The minimum atomic E-state index is -0.116. The second-order valence-corrected chi connectivity index (χ2v) is 5.34. The Kier molecular flexibility index (Phi) is 8.20. The number of nitrogens with zero attached hydrogens (tertiary/aromatic N) is 1. The Bertz CT molecular complexity index is 238. The molecule has 108 valence electrons. The number of methoxy groups -OCH3 is 1. The summed E-state index contributed by atoms with van der Waals surface area (Å²) < 4.78 is 5.39. The summed E-state index contributed by atoms with van der Waals surface area (Å²) >= 11 is 0. The van der Waals surface area contributed by atoms with Crippen LogP contribution in [0.1, 0.15) is 47.5 Å². The Morgan fingerprint density at radius 1 is 1.33 bits per heavy atom. The van der Waals surface area contributed by atoms with Gasteiger partial charge in [-0.05, 0) is 41.0 Å². The lowest BCUT2D eigenvalue weighted by atomic mass is 10.00. The van der Waals surface area contributed by atoms with Gasteiger partial charge in [0.05, 0.1) is 5.60 Å². The fraction of sp³-hybridized carbons (Fsp3) is 0.929. The maximum Gasteiger partial charge on any atom is 0.223 e. The van der Waals surface area contributed by atoms with Crippen molar-refractivity contribution in [3.63, 3.8) is 0 Å². The van der Waals surface area contributed by atoms with E-state index < -0.39 is 0 Å². The van der Waals surface area contributed by atoms with Gasteiger partial charge in [-0.15, -0.1) is 0 Å². The number of carbonyl (C=O) groups is 1. The second-order valence-electron chi connectivity index (χ2n) is 5.34. The van der Waals surface area contributed by atoms with Crippen LogP contribution in [0.25, 0.3) is 0 Å². The molecule has 0 aliphatic carbocycles. The second kappa shape index (κ2) is 8.48. The van der Waals surface area contributed by atoms with E-state index in [9.17, 15) is 4.79 Å². The molecule has 0 aliphatic rings. The average molecular weight is 258 g/mol. The summed E-state index contributed by atoms with van der Waals surface area (Å²) in [5, 5.41) is 3.38. The summed E-state index contributed by atoms with van der Waals surface area (Å²) in [6.45, 7) is 12.6. The van der Waals surface area contributed by atoms with Crippen molar-refractivity contribution in [2.45, 2.75) is 59.1 Å². The van der Waals surface area contributed by atoms with Crippen molar-refractivity contribution >= 4 is 5.91 Å². The van der Waals surface area contributed by atoms with E-state index >= 15 is 0 Å². The largest absolute Gasteiger partial charge is 0.379 e. The van der Waals surface area contributed by atoms with E-state index in [1.807, 2.05) is 18.7 Å². The van der Waals surface area contributed by atoms with Crippen LogP contribution in [-0.2, 0) is 9.53 Å². The van der Waals surface area contributed by atoms with Crippen LogP contribution in [0.5, 0.6) is 0 Å². The van der Waals surface area contributed by atoms with E-state index in [-0.39, 0.29) is 11.5 Å². The highest BCUT2D eigenvalue weighted by atomic mass is 16.5. The van der Waals surface area contributed by atoms with Gasteiger partial charge in [-0.25, -0.2) is 0 Å². The minimum Gasteiger partial charge on any atom is -0.379 e. The van der Waals surface area contributed by atoms with E-state index in [1.54, 1.807) is 7.11 Å². The van der Waals surface area contributed by atoms with Crippen molar-refractivity contribution in [1.82, 2.24) is 10.2 Å². The molecule has 4 heteroatoms. The van der Waals surface area contributed by atoms with Crippen LogP contribution in [0, 0.1) is 0 Å². The van der Waals surface area contributed by atoms with Crippen LogP contribution in [0.4, 0.5) is 0 Å². The van der Waals surface area contributed by atoms with Crippen LogP contribution in [0.15, 0.2) is 0 Å². The first-order valence-electron chi connectivity index (χ1n) is 6.92. The van der Waals surface area contributed by atoms with Crippen LogP contribution in [0.3, 0.4) is 0 Å². The Morgan fingerprint density at radius 3 is 2.33 bits per heavy atom. The highest BCUT2D eigenvalue weighted by Crippen LogP contribution is 2.15. The number of rotatable bonds is 9. The molecule has 0 aromatic carbocycles. The molecule has 1 amide bonds. The van der Waals surface area contributed by atoms with Crippen LogP contribution in [0.2, 0.25) is 0 Å². The van der Waals surface area contributed by atoms with Crippen LogP contribution < -0.4 is 5.32 Å². The molecule has 0 aromatic rings. The Labute approximate surface area is 112 Å². The summed E-state index contributed by atoms with van der Waals surface area (Å²) in [7, 11) is 1.73. The Morgan fingerprint density at radius 2 is 1.89 bits per heavy atom. The normalized spacial score (nSPS) is 13.4. The van der Waals surface area contributed by atoms with Crippen molar-refractivity contribution in [2.24, 2.45) is 0 Å². The van der Waals surface area contributed by atoms with Crippen molar-refractivity contribution in [3.8, 4) is 0 Å². The topological polar surface area (TPSA) is 41.6 Å². The predicted molar refractivity (Wildman–Crippen MR) is 75.7 cm³/mol. The lowest BCUT2D eigenvalue weighted by molar-refractivity contribution is -0.130. The first kappa shape index (κ1) is 17.4. The molecule has 0 saturated heterocycles. The quantitative estimate of drug-likeness (QED) is 0.688. The molecule has 0 radical (unpaired) electrons. The van der Waals surface area contributed by atoms with Gasteiger partial charge >= 0.3 is 0 Å². The standard InChI is InChI=1S/C14H30N2O2/c1-7-16(8-2)13(17)9-10-15-12(3)11-14(4,5)18-6/h12,15H,7-11H2,1-6H3. The lowest BCUT2D eigenvalue weighted by Gasteiger charge is -2.27. The van der Waals surface area contributed by atoms with Gasteiger partial charge in [-0.1, -0.05) is 0 Å². The van der Waals surface area contributed by atoms with Gasteiger partial charge in [0.1, 0.15) is 0 Å². The highest BCUT2D eigenvalue weighted by molar-refractivity contribution is 5.76. The Balaban J connectivity index is 3.87.